The molecule has 8 heteroatoms. The molecule has 27 heavy (non-hydrogen) atoms. The lowest BCUT2D eigenvalue weighted by Gasteiger charge is -2.50. The number of halogens is 3. The summed E-state index contributed by atoms with van der Waals surface area (Å²) in [5.74, 6) is -1.84. The van der Waals surface area contributed by atoms with Crippen LogP contribution in [-0.2, 0) is 14.6 Å². The van der Waals surface area contributed by atoms with Crippen molar-refractivity contribution in [2.75, 3.05) is 20.2 Å². The first-order valence-electron chi connectivity index (χ1n) is 8.61. The number of rotatable bonds is 2. The van der Waals surface area contributed by atoms with E-state index in [1.807, 2.05) is 4.90 Å². The van der Waals surface area contributed by atoms with E-state index in [0.717, 1.165) is 12.1 Å². The summed E-state index contributed by atoms with van der Waals surface area (Å²) < 4.78 is 60.9. The quantitative estimate of drug-likeness (QED) is 0.751. The zero-order chi connectivity index (χ0) is 19.4. The molecule has 2 aromatic carbocycles. The van der Waals surface area contributed by atoms with Crippen LogP contribution in [0.1, 0.15) is 18.4 Å². The Balaban J connectivity index is 2.04. The Morgan fingerprint density at radius 3 is 2.52 bits per heavy atom. The highest BCUT2D eigenvalue weighted by atomic mass is 35.5. The van der Waals surface area contributed by atoms with Gasteiger partial charge in [-0.05, 0) is 62.8 Å². The maximum atomic E-state index is 15.0. The van der Waals surface area contributed by atoms with Gasteiger partial charge in [-0.3, -0.25) is 4.90 Å². The summed E-state index contributed by atoms with van der Waals surface area (Å²) in [7, 11) is -2.29. The van der Waals surface area contributed by atoms with Gasteiger partial charge in [0.05, 0.1) is 16.5 Å². The second-order valence-electron chi connectivity index (χ2n) is 6.99. The molecule has 0 spiro atoms. The topological polar surface area (TPSA) is 46.6 Å². The van der Waals surface area contributed by atoms with E-state index in [1.165, 1.54) is 24.3 Å². The van der Waals surface area contributed by atoms with Gasteiger partial charge in [0.15, 0.2) is 21.4 Å². The minimum Gasteiger partial charge on any atom is -0.488 e. The van der Waals surface area contributed by atoms with Gasteiger partial charge in [0.1, 0.15) is 17.2 Å². The van der Waals surface area contributed by atoms with E-state index >= 15 is 0 Å². The molecule has 0 radical (unpaired) electrons. The fourth-order valence-electron chi connectivity index (χ4n) is 4.33. The van der Waals surface area contributed by atoms with Crippen molar-refractivity contribution in [3.05, 3.63) is 58.6 Å². The Morgan fingerprint density at radius 2 is 1.81 bits per heavy atom. The number of fused-ring (bicyclic) bond motifs is 3. The van der Waals surface area contributed by atoms with E-state index in [0.29, 0.717) is 18.0 Å². The summed E-state index contributed by atoms with van der Waals surface area (Å²) in [6, 6.07) is 7.08. The number of hydrogen-bond acceptors (Lipinski definition) is 4. The average Bonchev–Trinajstić information content (AvgIpc) is 2.64. The zero-order valence-corrected chi connectivity index (χ0v) is 16.2. The third kappa shape index (κ3) is 2.59. The predicted octanol–water partition coefficient (Wildman–Crippen LogP) is 3.77. The van der Waals surface area contributed by atoms with Crippen LogP contribution in [0.15, 0.2) is 41.3 Å². The van der Waals surface area contributed by atoms with Crippen molar-refractivity contribution in [2.24, 2.45) is 0 Å². The molecule has 0 aliphatic carbocycles. The van der Waals surface area contributed by atoms with Gasteiger partial charge in [-0.15, -0.1) is 0 Å². The lowest BCUT2D eigenvalue weighted by molar-refractivity contribution is 0.0627. The molecular formula is C19H18ClF2NO3S. The van der Waals surface area contributed by atoms with Gasteiger partial charge in [-0.25, -0.2) is 17.2 Å². The lowest BCUT2D eigenvalue weighted by Crippen LogP contribution is -2.62. The first-order chi connectivity index (χ1) is 12.8. The number of likely N-dealkylation sites (tertiary alicyclic amines) is 1. The van der Waals surface area contributed by atoms with Crippen LogP contribution in [-0.4, -0.2) is 39.6 Å². The van der Waals surface area contributed by atoms with E-state index in [2.05, 4.69) is 0 Å². The van der Waals surface area contributed by atoms with Crippen LogP contribution in [0, 0.1) is 11.6 Å². The average molecular weight is 414 g/mol. The van der Waals surface area contributed by atoms with E-state index in [4.69, 9.17) is 16.3 Å². The molecule has 0 bridgehead atoms. The third-order valence-corrected chi connectivity index (χ3v) is 8.38. The minimum atomic E-state index is -4.07. The van der Waals surface area contributed by atoms with Gasteiger partial charge >= 0.3 is 0 Å². The van der Waals surface area contributed by atoms with E-state index in [1.54, 1.807) is 7.05 Å². The molecule has 0 aromatic heterocycles. The van der Waals surface area contributed by atoms with Gasteiger partial charge in [-0.1, -0.05) is 11.6 Å². The standard InChI is InChI=1S/C19H18ClF2NO3S/c1-23-10-2-9-19(27(24,25)13-5-3-12(20)4-6-13)16(23)11-26-18-15(22)8-7-14(21)17(18)19/h3-8,16H,2,9-11H2,1H3/t16-,19+/m0/s1. The molecule has 0 unspecified atom stereocenters. The van der Waals surface area contributed by atoms with Gasteiger partial charge in [0, 0.05) is 5.02 Å². The summed E-state index contributed by atoms with van der Waals surface area (Å²) in [5, 5.41) is 0.397. The number of ether oxygens (including phenoxy) is 1. The highest BCUT2D eigenvalue weighted by Gasteiger charge is 2.60. The molecular weight excluding hydrogens is 396 g/mol. The lowest BCUT2D eigenvalue weighted by atomic mass is 9.80. The largest absolute Gasteiger partial charge is 0.488 e. The molecule has 2 aliphatic heterocycles. The van der Waals surface area contributed by atoms with Crippen LogP contribution in [0.2, 0.25) is 5.02 Å². The fraction of sp³-hybridized carbons (Fsp3) is 0.368. The molecule has 0 saturated carbocycles. The second-order valence-corrected chi connectivity index (χ2v) is 9.63. The molecule has 0 N–H and O–H groups in total. The maximum Gasteiger partial charge on any atom is 0.190 e. The molecule has 2 aliphatic rings. The molecule has 2 atom stereocenters. The van der Waals surface area contributed by atoms with Gasteiger partial charge in [0.2, 0.25) is 0 Å². The number of hydrogen-bond donors (Lipinski definition) is 0. The third-order valence-electron chi connectivity index (χ3n) is 5.60. The molecule has 2 heterocycles. The van der Waals surface area contributed by atoms with Crippen LogP contribution >= 0.6 is 11.6 Å². The van der Waals surface area contributed by atoms with Crippen LogP contribution in [0.5, 0.6) is 5.75 Å². The fourth-order valence-corrected chi connectivity index (χ4v) is 6.84. The zero-order valence-electron chi connectivity index (χ0n) is 14.6. The monoisotopic (exact) mass is 413 g/mol. The van der Waals surface area contributed by atoms with Crippen molar-refractivity contribution in [3.63, 3.8) is 0 Å². The second kappa shape index (κ2) is 6.43. The van der Waals surface area contributed by atoms with Crippen molar-refractivity contribution in [3.8, 4) is 5.75 Å². The first kappa shape index (κ1) is 18.7. The normalized spacial score (nSPS) is 25.4. The summed E-state index contributed by atoms with van der Waals surface area (Å²) in [4.78, 5) is 1.88. The summed E-state index contributed by atoms with van der Waals surface area (Å²) in [6.07, 6.45) is 0.721. The van der Waals surface area contributed by atoms with E-state index < -0.39 is 32.3 Å². The predicted molar refractivity (Wildman–Crippen MR) is 97.8 cm³/mol. The summed E-state index contributed by atoms with van der Waals surface area (Å²) in [5.41, 5.74) is -0.208. The molecule has 2 aromatic rings. The van der Waals surface area contributed by atoms with Crippen LogP contribution in [0.3, 0.4) is 0 Å². The molecule has 0 amide bonds. The minimum absolute atomic E-state index is 0.0311. The summed E-state index contributed by atoms with van der Waals surface area (Å²) >= 11 is 5.90. The molecule has 1 fully saturated rings. The summed E-state index contributed by atoms with van der Waals surface area (Å²) in [6.45, 7) is 0.620. The van der Waals surface area contributed by atoms with Gasteiger partial charge in [-0.2, -0.15) is 0 Å². The van der Waals surface area contributed by atoms with Crippen LogP contribution in [0.25, 0.3) is 0 Å². The number of benzene rings is 2. The Morgan fingerprint density at radius 1 is 1.15 bits per heavy atom. The molecule has 4 rings (SSSR count). The number of nitrogens with zero attached hydrogens (tertiary/aromatic N) is 1. The van der Waals surface area contributed by atoms with Crippen LogP contribution in [0.4, 0.5) is 8.78 Å². The molecule has 4 nitrogen and oxygen atoms in total. The first-order valence-corrected chi connectivity index (χ1v) is 10.5. The molecule has 144 valence electrons. The van der Waals surface area contributed by atoms with Gasteiger partial charge < -0.3 is 4.74 Å². The van der Waals surface area contributed by atoms with E-state index in [9.17, 15) is 17.2 Å². The highest BCUT2D eigenvalue weighted by molar-refractivity contribution is 7.92. The number of piperidine rings is 1. The van der Waals surface area contributed by atoms with Crippen molar-refractivity contribution >= 4 is 21.4 Å². The SMILES string of the molecule is CN1CCC[C@]2(S(=O)(=O)c3ccc(Cl)cc3)c3c(F)ccc(F)c3OC[C@H]12. The van der Waals surface area contributed by atoms with E-state index in [-0.39, 0.29) is 29.2 Å². The molecule has 1 saturated heterocycles. The van der Waals surface area contributed by atoms with Crippen molar-refractivity contribution in [1.29, 1.82) is 0 Å². The highest BCUT2D eigenvalue weighted by Crippen LogP contribution is 2.53. The van der Waals surface area contributed by atoms with Gasteiger partial charge in [0.25, 0.3) is 0 Å². The van der Waals surface area contributed by atoms with Crippen molar-refractivity contribution in [1.82, 2.24) is 4.90 Å². The number of likely N-dealkylation sites (N-methyl/N-ethyl adjacent to an activating group) is 1. The maximum absolute atomic E-state index is 15.0. The van der Waals surface area contributed by atoms with Crippen LogP contribution < -0.4 is 4.74 Å². The number of sulfone groups is 1. The van der Waals surface area contributed by atoms with Crippen molar-refractivity contribution < 1.29 is 21.9 Å². The smallest absolute Gasteiger partial charge is 0.190 e. The Hall–Kier alpha value is -1.70. The Labute approximate surface area is 161 Å². The Kier molecular flexibility index (Phi) is 4.44. The van der Waals surface area contributed by atoms with Crippen molar-refractivity contribution in [2.45, 2.75) is 28.5 Å². The Bertz CT molecular complexity index is 997.